The van der Waals surface area contributed by atoms with Gasteiger partial charge in [-0.2, -0.15) is 0 Å². The molecular weight excluding hydrogens is 239 g/mol. The molecular formula is C16H25FN2. The second-order valence-corrected chi connectivity index (χ2v) is 5.39. The minimum absolute atomic E-state index is 0.158. The van der Waals surface area contributed by atoms with E-state index in [2.05, 4.69) is 24.1 Å². The van der Waals surface area contributed by atoms with Crippen LogP contribution in [0.1, 0.15) is 44.7 Å². The third-order valence-corrected chi connectivity index (χ3v) is 4.15. The van der Waals surface area contributed by atoms with E-state index in [1.54, 1.807) is 12.1 Å². The summed E-state index contributed by atoms with van der Waals surface area (Å²) in [6.45, 7) is 7.94. The number of nitrogens with one attached hydrogen (secondary N) is 1. The van der Waals surface area contributed by atoms with Gasteiger partial charge in [-0.25, -0.2) is 4.39 Å². The Morgan fingerprint density at radius 2 is 1.84 bits per heavy atom. The Labute approximate surface area is 116 Å². The van der Waals surface area contributed by atoms with Gasteiger partial charge < -0.3 is 10.2 Å². The van der Waals surface area contributed by atoms with Crippen molar-refractivity contribution >= 4 is 0 Å². The van der Waals surface area contributed by atoms with Crippen LogP contribution in [0.25, 0.3) is 0 Å². The van der Waals surface area contributed by atoms with Crippen molar-refractivity contribution in [2.75, 3.05) is 19.6 Å². The molecule has 1 N–H and O–H groups in total. The molecule has 0 amide bonds. The van der Waals surface area contributed by atoms with E-state index in [-0.39, 0.29) is 5.82 Å². The van der Waals surface area contributed by atoms with Crippen LogP contribution in [0.2, 0.25) is 0 Å². The lowest BCUT2D eigenvalue weighted by atomic mass is 9.99. The quantitative estimate of drug-likeness (QED) is 0.877. The number of hydrogen-bond acceptors (Lipinski definition) is 2. The summed E-state index contributed by atoms with van der Waals surface area (Å²) in [6.07, 6.45) is 3.47. The summed E-state index contributed by atoms with van der Waals surface area (Å²) in [5.41, 5.74) is 1.20. The molecule has 0 saturated carbocycles. The highest BCUT2D eigenvalue weighted by Gasteiger charge is 2.20. The summed E-state index contributed by atoms with van der Waals surface area (Å²) >= 11 is 0. The van der Waals surface area contributed by atoms with Crippen LogP contribution in [0.15, 0.2) is 24.3 Å². The summed E-state index contributed by atoms with van der Waals surface area (Å²) < 4.78 is 13.0. The minimum atomic E-state index is -0.158. The molecule has 1 aliphatic rings. The van der Waals surface area contributed by atoms with Gasteiger partial charge in [0, 0.05) is 12.1 Å². The summed E-state index contributed by atoms with van der Waals surface area (Å²) in [7, 11) is 0. The van der Waals surface area contributed by atoms with Gasteiger partial charge in [0.05, 0.1) is 0 Å². The first kappa shape index (κ1) is 14.5. The number of rotatable bonds is 5. The normalized spacial score (nSPS) is 19.5. The standard InChI is InChI=1S/C16H25FN2/c1-3-16(13-5-7-14(17)8-6-13)18-15-9-11-19(4-2)12-10-15/h5-8,15-16,18H,3-4,9-12H2,1-2H3. The van der Waals surface area contributed by atoms with Crippen molar-refractivity contribution in [2.24, 2.45) is 0 Å². The topological polar surface area (TPSA) is 15.3 Å². The molecule has 0 bridgehead atoms. The Morgan fingerprint density at radius 3 is 2.37 bits per heavy atom. The number of likely N-dealkylation sites (tertiary alicyclic amines) is 1. The smallest absolute Gasteiger partial charge is 0.123 e. The maximum absolute atomic E-state index is 13.0. The van der Waals surface area contributed by atoms with Crippen molar-refractivity contribution in [2.45, 2.75) is 45.2 Å². The van der Waals surface area contributed by atoms with Crippen molar-refractivity contribution < 1.29 is 4.39 Å². The van der Waals surface area contributed by atoms with Crippen LogP contribution in [0, 0.1) is 5.82 Å². The zero-order valence-corrected chi connectivity index (χ0v) is 12.0. The predicted molar refractivity (Wildman–Crippen MR) is 77.7 cm³/mol. The van der Waals surface area contributed by atoms with E-state index in [0.717, 1.165) is 13.0 Å². The van der Waals surface area contributed by atoms with Gasteiger partial charge in [0.25, 0.3) is 0 Å². The molecule has 106 valence electrons. The Balaban J connectivity index is 1.91. The zero-order valence-electron chi connectivity index (χ0n) is 12.0. The highest BCUT2D eigenvalue weighted by atomic mass is 19.1. The maximum atomic E-state index is 13.0. The number of nitrogens with zero attached hydrogens (tertiary/aromatic N) is 1. The lowest BCUT2D eigenvalue weighted by Gasteiger charge is -2.34. The van der Waals surface area contributed by atoms with E-state index in [4.69, 9.17) is 0 Å². The van der Waals surface area contributed by atoms with E-state index in [0.29, 0.717) is 12.1 Å². The number of benzene rings is 1. The van der Waals surface area contributed by atoms with E-state index < -0.39 is 0 Å². The fourth-order valence-corrected chi connectivity index (χ4v) is 2.85. The van der Waals surface area contributed by atoms with Crippen molar-refractivity contribution in [1.29, 1.82) is 0 Å². The van der Waals surface area contributed by atoms with E-state index in [9.17, 15) is 4.39 Å². The molecule has 1 aromatic carbocycles. The fourth-order valence-electron chi connectivity index (χ4n) is 2.85. The first-order chi connectivity index (χ1) is 9.22. The molecule has 0 aromatic heterocycles. The average Bonchev–Trinajstić information content (AvgIpc) is 2.46. The second-order valence-electron chi connectivity index (χ2n) is 5.39. The molecule has 0 spiro atoms. The first-order valence-electron chi connectivity index (χ1n) is 7.46. The van der Waals surface area contributed by atoms with Crippen LogP contribution in [0.4, 0.5) is 4.39 Å². The molecule has 0 radical (unpaired) electrons. The second kappa shape index (κ2) is 7.01. The van der Waals surface area contributed by atoms with Gasteiger partial charge >= 0.3 is 0 Å². The third kappa shape index (κ3) is 4.02. The number of halogens is 1. The number of hydrogen-bond donors (Lipinski definition) is 1. The molecule has 1 fully saturated rings. The lowest BCUT2D eigenvalue weighted by molar-refractivity contribution is 0.198. The van der Waals surface area contributed by atoms with Gasteiger partial charge in [-0.3, -0.25) is 0 Å². The molecule has 1 unspecified atom stereocenters. The SMILES string of the molecule is CCC(NC1CCN(CC)CC1)c1ccc(F)cc1. The van der Waals surface area contributed by atoms with Crippen LogP contribution < -0.4 is 5.32 Å². The molecule has 19 heavy (non-hydrogen) atoms. The van der Waals surface area contributed by atoms with Crippen molar-refractivity contribution in [3.8, 4) is 0 Å². The Bertz CT molecular complexity index is 369. The maximum Gasteiger partial charge on any atom is 0.123 e. The summed E-state index contributed by atoms with van der Waals surface area (Å²) in [6, 6.07) is 7.85. The third-order valence-electron chi connectivity index (χ3n) is 4.15. The van der Waals surface area contributed by atoms with Gasteiger partial charge in [-0.05, 0) is 56.6 Å². The number of piperidine rings is 1. The molecule has 0 aliphatic carbocycles. The van der Waals surface area contributed by atoms with Crippen molar-refractivity contribution in [1.82, 2.24) is 10.2 Å². The molecule has 1 aliphatic heterocycles. The molecule has 2 rings (SSSR count). The highest BCUT2D eigenvalue weighted by molar-refractivity contribution is 5.20. The van der Waals surface area contributed by atoms with Crippen LogP contribution in [-0.4, -0.2) is 30.6 Å². The van der Waals surface area contributed by atoms with E-state index in [1.807, 2.05) is 12.1 Å². The van der Waals surface area contributed by atoms with Crippen molar-refractivity contribution in [3.05, 3.63) is 35.6 Å². The van der Waals surface area contributed by atoms with Gasteiger partial charge in [0.2, 0.25) is 0 Å². The zero-order chi connectivity index (χ0) is 13.7. The predicted octanol–water partition coefficient (Wildman–Crippen LogP) is 3.35. The summed E-state index contributed by atoms with van der Waals surface area (Å²) in [5, 5.41) is 3.74. The van der Waals surface area contributed by atoms with Gasteiger partial charge in [-0.15, -0.1) is 0 Å². The molecule has 1 saturated heterocycles. The Kier molecular flexibility index (Phi) is 5.34. The van der Waals surface area contributed by atoms with Crippen LogP contribution in [0.3, 0.4) is 0 Å². The largest absolute Gasteiger partial charge is 0.307 e. The molecule has 1 atom stereocenters. The van der Waals surface area contributed by atoms with Crippen LogP contribution in [-0.2, 0) is 0 Å². The summed E-state index contributed by atoms with van der Waals surface area (Å²) in [5.74, 6) is -0.158. The average molecular weight is 264 g/mol. The summed E-state index contributed by atoms with van der Waals surface area (Å²) in [4.78, 5) is 2.50. The Hall–Kier alpha value is -0.930. The van der Waals surface area contributed by atoms with Gasteiger partial charge in [-0.1, -0.05) is 26.0 Å². The van der Waals surface area contributed by atoms with Gasteiger partial charge in [0.1, 0.15) is 5.82 Å². The highest BCUT2D eigenvalue weighted by Crippen LogP contribution is 2.20. The fraction of sp³-hybridized carbons (Fsp3) is 0.625. The minimum Gasteiger partial charge on any atom is -0.307 e. The van der Waals surface area contributed by atoms with Crippen LogP contribution >= 0.6 is 0 Å². The monoisotopic (exact) mass is 264 g/mol. The van der Waals surface area contributed by atoms with E-state index >= 15 is 0 Å². The Morgan fingerprint density at radius 1 is 1.21 bits per heavy atom. The van der Waals surface area contributed by atoms with E-state index in [1.165, 1.54) is 31.5 Å². The molecule has 1 heterocycles. The first-order valence-corrected chi connectivity index (χ1v) is 7.46. The lowest BCUT2D eigenvalue weighted by Crippen LogP contribution is -2.43. The van der Waals surface area contributed by atoms with Crippen molar-refractivity contribution in [3.63, 3.8) is 0 Å². The molecule has 3 heteroatoms. The molecule has 2 nitrogen and oxygen atoms in total. The van der Waals surface area contributed by atoms with Crippen LogP contribution in [0.5, 0.6) is 0 Å². The molecule has 1 aromatic rings. The van der Waals surface area contributed by atoms with Gasteiger partial charge in [0.15, 0.2) is 0 Å².